The Hall–Kier alpha value is -5.01. The zero-order valence-electron chi connectivity index (χ0n) is 20.9. The van der Waals surface area contributed by atoms with E-state index in [1.54, 1.807) is 0 Å². The van der Waals surface area contributed by atoms with E-state index in [4.69, 9.17) is 0 Å². The molecule has 0 fully saturated rings. The molecule has 0 spiro atoms. The van der Waals surface area contributed by atoms with Gasteiger partial charge in [-0.25, -0.2) is 0 Å². The highest BCUT2D eigenvalue weighted by Gasteiger charge is 2.17. The van der Waals surface area contributed by atoms with Crippen molar-refractivity contribution in [2.45, 2.75) is 0 Å². The molecular formula is C37H25N. The van der Waals surface area contributed by atoms with E-state index in [0.29, 0.717) is 0 Å². The first-order valence-corrected chi connectivity index (χ1v) is 13.0. The Labute approximate surface area is 222 Å². The smallest absolute Gasteiger partial charge is 0.0346 e. The van der Waals surface area contributed by atoms with Crippen LogP contribution in [0.5, 0.6) is 0 Å². The van der Waals surface area contributed by atoms with E-state index in [0.717, 1.165) is 11.1 Å². The van der Waals surface area contributed by atoms with Gasteiger partial charge in [-0.3, -0.25) is 4.98 Å². The Morgan fingerprint density at radius 1 is 0.368 bits per heavy atom. The maximum absolute atomic E-state index is 4.30. The van der Waals surface area contributed by atoms with Crippen LogP contribution in [-0.4, -0.2) is 4.98 Å². The summed E-state index contributed by atoms with van der Waals surface area (Å²) in [4.78, 5) is 4.30. The van der Waals surface area contributed by atoms with Crippen LogP contribution in [0, 0.1) is 0 Å². The molecule has 1 heterocycles. The second kappa shape index (κ2) is 9.46. The van der Waals surface area contributed by atoms with Crippen LogP contribution in [0.4, 0.5) is 0 Å². The fourth-order valence-electron chi connectivity index (χ4n) is 5.49. The van der Waals surface area contributed by atoms with E-state index in [9.17, 15) is 0 Å². The first-order valence-electron chi connectivity index (χ1n) is 13.0. The highest BCUT2D eigenvalue weighted by Crippen LogP contribution is 2.44. The molecular weight excluding hydrogens is 458 g/mol. The lowest BCUT2D eigenvalue weighted by atomic mass is 9.84. The third kappa shape index (κ3) is 3.95. The van der Waals surface area contributed by atoms with Gasteiger partial charge in [0.05, 0.1) is 0 Å². The Morgan fingerprint density at radius 3 is 1.58 bits per heavy atom. The summed E-state index contributed by atoms with van der Waals surface area (Å²) in [5, 5.41) is 5.04. The first kappa shape index (κ1) is 22.2. The molecule has 178 valence electrons. The molecule has 7 aromatic rings. The van der Waals surface area contributed by atoms with Gasteiger partial charge in [-0.05, 0) is 90.3 Å². The monoisotopic (exact) mass is 483 g/mol. The quantitative estimate of drug-likeness (QED) is 0.227. The number of hydrogen-bond acceptors (Lipinski definition) is 1. The van der Waals surface area contributed by atoms with Crippen LogP contribution in [0.3, 0.4) is 0 Å². The largest absolute Gasteiger partial charge is 0.264 e. The van der Waals surface area contributed by atoms with Crippen molar-refractivity contribution in [2.75, 3.05) is 0 Å². The first-order chi connectivity index (χ1) is 18.8. The van der Waals surface area contributed by atoms with Gasteiger partial charge in [0.25, 0.3) is 0 Å². The van der Waals surface area contributed by atoms with Gasteiger partial charge in [0, 0.05) is 12.4 Å². The van der Waals surface area contributed by atoms with Gasteiger partial charge in [-0.2, -0.15) is 0 Å². The topological polar surface area (TPSA) is 12.9 Å². The van der Waals surface area contributed by atoms with Crippen molar-refractivity contribution in [2.24, 2.45) is 0 Å². The van der Waals surface area contributed by atoms with Gasteiger partial charge in [0.1, 0.15) is 0 Å². The molecule has 1 nitrogen and oxygen atoms in total. The Morgan fingerprint density at radius 2 is 0.921 bits per heavy atom. The minimum absolute atomic E-state index is 1.12. The lowest BCUT2D eigenvalue weighted by molar-refractivity contribution is 1.33. The average Bonchev–Trinajstić information content (AvgIpc) is 3.00. The summed E-state index contributed by atoms with van der Waals surface area (Å²) in [5.74, 6) is 0. The zero-order valence-corrected chi connectivity index (χ0v) is 20.9. The standard InChI is InChI=1S/C37H25N/c1-3-10-27(11-4-1)33-24-34(28-19-17-26(18-20-28)32-16-9-21-38-25-32)37(29-12-5-2-6-13-29)36-23-31-15-8-7-14-30(31)22-35(33)36/h1-25H. The summed E-state index contributed by atoms with van der Waals surface area (Å²) in [5.41, 5.74) is 9.67. The maximum Gasteiger partial charge on any atom is 0.0346 e. The average molecular weight is 484 g/mol. The number of nitrogens with zero attached hydrogens (tertiary/aromatic N) is 1. The Balaban J connectivity index is 1.56. The number of rotatable bonds is 4. The molecule has 1 aromatic heterocycles. The molecule has 0 amide bonds. The zero-order chi connectivity index (χ0) is 25.3. The fraction of sp³-hybridized carbons (Fsp3) is 0. The minimum atomic E-state index is 1.12. The molecule has 7 rings (SSSR count). The molecule has 0 bridgehead atoms. The number of hydrogen-bond donors (Lipinski definition) is 0. The van der Waals surface area contributed by atoms with E-state index in [1.165, 1.54) is 54.9 Å². The normalized spacial score (nSPS) is 11.2. The van der Waals surface area contributed by atoms with Crippen LogP contribution in [0.25, 0.3) is 66.1 Å². The van der Waals surface area contributed by atoms with Gasteiger partial charge in [0.2, 0.25) is 0 Å². The van der Waals surface area contributed by atoms with E-state index < -0.39 is 0 Å². The predicted molar refractivity (Wildman–Crippen MR) is 161 cm³/mol. The summed E-state index contributed by atoms with van der Waals surface area (Å²) in [6, 6.07) is 50.3. The SMILES string of the molecule is c1ccc(-c2cc(-c3ccc(-c4cccnc4)cc3)c(-c3ccccc3)c3cc4ccccc4cc23)cc1. The summed E-state index contributed by atoms with van der Waals surface area (Å²) >= 11 is 0. The molecule has 6 aromatic carbocycles. The second-order valence-electron chi connectivity index (χ2n) is 9.64. The molecule has 0 saturated carbocycles. The third-order valence-corrected chi connectivity index (χ3v) is 7.34. The Kier molecular flexibility index (Phi) is 5.53. The maximum atomic E-state index is 4.30. The van der Waals surface area contributed by atoms with E-state index >= 15 is 0 Å². The van der Waals surface area contributed by atoms with Crippen molar-refractivity contribution in [3.05, 3.63) is 152 Å². The second-order valence-corrected chi connectivity index (χ2v) is 9.64. The van der Waals surface area contributed by atoms with Crippen molar-refractivity contribution in [1.82, 2.24) is 4.98 Å². The van der Waals surface area contributed by atoms with Crippen molar-refractivity contribution in [1.29, 1.82) is 0 Å². The van der Waals surface area contributed by atoms with Gasteiger partial charge in [-0.1, -0.05) is 115 Å². The van der Waals surface area contributed by atoms with Crippen LogP contribution >= 0.6 is 0 Å². The summed E-state index contributed by atoms with van der Waals surface area (Å²) in [6.07, 6.45) is 3.73. The highest BCUT2D eigenvalue weighted by atomic mass is 14.6. The summed E-state index contributed by atoms with van der Waals surface area (Å²) in [7, 11) is 0. The molecule has 0 atom stereocenters. The summed E-state index contributed by atoms with van der Waals surface area (Å²) < 4.78 is 0. The molecule has 0 aliphatic carbocycles. The molecule has 0 unspecified atom stereocenters. The summed E-state index contributed by atoms with van der Waals surface area (Å²) in [6.45, 7) is 0. The van der Waals surface area contributed by atoms with Gasteiger partial charge >= 0.3 is 0 Å². The molecule has 0 aliphatic rings. The van der Waals surface area contributed by atoms with Crippen LogP contribution in [0.1, 0.15) is 0 Å². The van der Waals surface area contributed by atoms with E-state index in [2.05, 4.69) is 138 Å². The highest BCUT2D eigenvalue weighted by molar-refractivity contribution is 6.14. The van der Waals surface area contributed by atoms with Crippen LogP contribution in [0.2, 0.25) is 0 Å². The predicted octanol–water partition coefficient (Wildman–Crippen LogP) is 10.1. The van der Waals surface area contributed by atoms with Crippen LogP contribution in [0.15, 0.2) is 152 Å². The molecule has 0 N–H and O–H groups in total. The third-order valence-electron chi connectivity index (χ3n) is 7.34. The van der Waals surface area contributed by atoms with E-state index in [-0.39, 0.29) is 0 Å². The lowest BCUT2D eigenvalue weighted by Crippen LogP contribution is -1.92. The van der Waals surface area contributed by atoms with Crippen molar-refractivity contribution in [3.8, 4) is 44.5 Å². The van der Waals surface area contributed by atoms with Crippen LogP contribution < -0.4 is 0 Å². The van der Waals surface area contributed by atoms with Crippen molar-refractivity contribution < 1.29 is 0 Å². The molecule has 0 radical (unpaired) electrons. The number of pyridine rings is 1. The fourth-order valence-corrected chi connectivity index (χ4v) is 5.49. The molecule has 0 saturated heterocycles. The van der Waals surface area contributed by atoms with Crippen LogP contribution in [-0.2, 0) is 0 Å². The number of fused-ring (bicyclic) bond motifs is 2. The van der Waals surface area contributed by atoms with Gasteiger partial charge in [0.15, 0.2) is 0 Å². The lowest BCUT2D eigenvalue weighted by Gasteiger charge is -2.19. The van der Waals surface area contributed by atoms with Gasteiger partial charge in [-0.15, -0.1) is 0 Å². The minimum Gasteiger partial charge on any atom is -0.264 e. The van der Waals surface area contributed by atoms with Crippen molar-refractivity contribution >= 4 is 21.5 Å². The number of aromatic nitrogens is 1. The molecule has 38 heavy (non-hydrogen) atoms. The molecule has 1 heteroatoms. The number of benzene rings is 6. The Bertz CT molecular complexity index is 1870. The van der Waals surface area contributed by atoms with Crippen molar-refractivity contribution in [3.63, 3.8) is 0 Å². The van der Waals surface area contributed by atoms with Gasteiger partial charge < -0.3 is 0 Å². The van der Waals surface area contributed by atoms with E-state index in [1.807, 2.05) is 18.5 Å². The molecule has 0 aliphatic heterocycles.